The third kappa shape index (κ3) is 5.71. The Hall–Kier alpha value is -3.55. The number of hydrogen-bond donors (Lipinski definition) is 1. The maximum atomic E-state index is 12.8. The fourth-order valence-corrected chi connectivity index (χ4v) is 2.83. The van der Waals surface area contributed by atoms with Crippen LogP contribution in [0.15, 0.2) is 60.9 Å². The molecular weight excluding hydrogens is 370 g/mol. The van der Waals surface area contributed by atoms with Crippen LogP contribution >= 0.6 is 0 Å². The van der Waals surface area contributed by atoms with E-state index in [9.17, 15) is 9.59 Å². The maximum absolute atomic E-state index is 12.8. The SMILES string of the molecule is CC(C)C[C@H](NC(=O)c1cccc(-n2cnnn2)c1)C(=O)OCc1ccccc1. The molecule has 0 unspecified atom stereocenters. The van der Waals surface area contributed by atoms with Crippen molar-refractivity contribution < 1.29 is 14.3 Å². The topological polar surface area (TPSA) is 99.0 Å². The Bertz CT molecular complexity index is 942. The van der Waals surface area contributed by atoms with Gasteiger partial charge in [0.05, 0.1) is 5.69 Å². The number of nitrogens with zero attached hydrogens (tertiary/aromatic N) is 4. The second-order valence-corrected chi connectivity index (χ2v) is 7.05. The summed E-state index contributed by atoms with van der Waals surface area (Å²) in [5.74, 6) is -0.605. The minimum Gasteiger partial charge on any atom is -0.459 e. The summed E-state index contributed by atoms with van der Waals surface area (Å²) in [6.45, 7) is 4.14. The van der Waals surface area contributed by atoms with Gasteiger partial charge in [-0.25, -0.2) is 9.48 Å². The van der Waals surface area contributed by atoms with E-state index in [1.807, 2.05) is 44.2 Å². The second kappa shape index (κ2) is 9.59. The first-order valence-corrected chi connectivity index (χ1v) is 9.38. The number of tetrazole rings is 1. The lowest BCUT2D eigenvalue weighted by Gasteiger charge is -2.19. The number of rotatable bonds is 8. The van der Waals surface area contributed by atoms with Gasteiger partial charge in [-0.05, 0) is 46.5 Å². The molecule has 1 heterocycles. The van der Waals surface area contributed by atoms with Crippen molar-refractivity contribution >= 4 is 11.9 Å². The molecule has 0 saturated carbocycles. The van der Waals surface area contributed by atoms with Crippen molar-refractivity contribution in [2.75, 3.05) is 0 Å². The minimum absolute atomic E-state index is 0.166. The average Bonchev–Trinajstić information content (AvgIpc) is 3.27. The Kier molecular flexibility index (Phi) is 6.67. The lowest BCUT2D eigenvalue weighted by atomic mass is 10.0. The summed E-state index contributed by atoms with van der Waals surface area (Å²) >= 11 is 0. The van der Waals surface area contributed by atoms with Gasteiger partial charge >= 0.3 is 5.97 Å². The number of carbonyl (C=O) groups excluding carboxylic acids is 2. The van der Waals surface area contributed by atoms with Gasteiger partial charge < -0.3 is 10.1 Å². The molecule has 0 saturated heterocycles. The molecule has 0 aliphatic carbocycles. The Balaban J connectivity index is 1.68. The van der Waals surface area contributed by atoms with Crippen LogP contribution in [0.2, 0.25) is 0 Å². The Morgan fingerprint density at radius 1 is 1.10 bits per heavy atom. The monoisotopic (exact) mass is 393 g/mol. The largest absolute Gasteiger partial charge is 0.459 e. The van der Waals surface area contributed by atoms with E-state index in [1.165, 1.54) is 11.0 Å². The van der Waals surface area contributed by atoms with Crippen molar-refractivity contribution in [2.45, 2.75) is 32.9 Å². The van der Waals surface area contributed by atoms with E-state index in [0.29, 0.717) is 17.7 Å². The van der Waals surface area contributed by atoms with Crippen LogP contribution in [0.4, 0.5) is 0 Å². The molecule has 0 bridgehead atoms. The van der Waals surface area contributed by atoms with Crippen molar-refractivity contribution in [1.82, 2.24) is 25.5 Å². The molecule has 3 rings (SSSR count). The van der Waals surface area contributed by atoms with Gasteiger partial charge in [-0.2, -0.15) is 0 Å². The van der Waals surface area contributed by atoms with Crippen LogP contribution in [0.1, 0.15) is 36.2 Å². The Morgan fingerprint density at radius 3 is 2.59 bits per heavy atom. The lowest BCUT2D eigenvalue weighted by molar-refractivity contribution is -0.147. The van der Waals surface area contributed by atoms with Crippen LogP contribution in [0.3, 0.4) is 0 Å². The van der Waals surface area contributed by atoms with Crippen LogP contribution in [-0.4, -0.2) is 38.1 Å². The maximum Gasteiger partial charge on any atom is 0.328 e. The summed E-state index contributed by atoms with van der Waals surface area (Å²) in [5.41, 5.74) is 1.95. The van der Waals surface area contributed by atoms with Gasteiger partial charge in [-0.1, -0.05) is 50.2 Å². The normalized spacial score (nSPS) is 11.8. The summed E-state index contributed by atoms with van der Waals surface area (Å²) in [6, 6.07) is 15.5. The van der Waals surface area contributed by atoms with E-state index in [0.717, 1.165) is 5.56 Å². The molecule has 29 heavy (non-hydrogen) atoms. The molecule has 0 aliphatic heterocycles. The zero-order valence-corrected chi connectivity index (χ0v) is 16.4. The molecule has 0 spiro atoms. The number of esters is 1. The summed E-state index contributed by atoms with van der Waals surface area (Å²) in [4.78, 5) is 25.4. The molecule has 1 N–H and O–H groups in total. The predicted molar refractivity (Wildman–Crippen MR) is 106 cm³/mol. The highest BCUT2D eigenvalue weighted by Crippen LogP contribution is 2.12. The van der Waals surface area contributed by atoms with Crippen LogP contribution < -0.4 is 5.32 Å². The molecule has 0 radical (unpaired) electrons. The number of hydrogen-bond acceptors (Lipinski definition) is 6. The van der Waals surface area contributed by atoms with E-state index < -0.39 is 12.0 Å². The van der Waals surface area contributed by atoms with E-state index in [1.54, 1.807) is 24.3 Å². The van der Waals surface area contributed by atoms with E-state index in [2.05, 4.69) is 20.8 Å². The van der Waals surface area contributed by atoms with E-state index >= 15 is 0 Å². The number of benzene rings is 2. The second-order valence-electron chi connectivity index (χ2n) is 7.05. The number of aromatic nitrogens is 4. The molecule has 0 aliphatic rings. The third-order valence-electron chi connectivity index (χ3n) is 4.24. The minimum atomic E-state index is -0.733. The van der Waals surface area contributed by atoms with Crippen molar-refractivity contribution in [3.05, 3.63) is 72.1 Å². The van der Waals surface area contributed by atoms with Crippen molar-refractivity contribution in [2.24, 2.45) is 5.92 Å². The fourth-order valence-electron chi connectivity index (χ4n) is 2.83. The highest BCUT2D eigenvalue weighted by atomic mass is 16.5. The van der Waals surface area contributed by atoms with Gasteiger partial charge in [-0.15, -0.1) is 5.10 Å². The quantitative estimate of drug-likeness (QED) is 0.591. The van der Waals surface area contributed by atoms with Gasteiger partial charge in [0.2, 0.25) is 0 Å². The number of amides is 1. The summed E-state index contributed by atoms with van der Waals surface area (Å²) in [7, 11) is 0. The van der Waals surface area contributed by atoms with Gasteiger partial charge in [0, 0.05) is 5.56 Å². The highest BCUT2D eigenvalue weighted by Gasteiger charge is 2.24. The zero-order valence-electron chi connectivity index (χ0n) is 16.4. The number of ether oxygens (including phenoxy) is 1. The third-order valence-corrected chi connectivity index (χ3v) is 4.24. The standard InChI is InChI=1S/C21H23N5O3/c1-15(2)11-19(21(28)29-13-16-7-4-3-5-8-16)23-20(27)17-9-6-10-18(12-17)26-14-22-24-25-26/h3-10,12,14-15,19H,11,13H2,1-2H3,(H,23,27)/t19-/m0/s1. The van der Waals surface area contributed by atoms with Crippen molar-refractivity contribution in [3.63, 3.8) is 0 Å². The molecule has 1 aromatic heterocycles. The molecule has 1 atom stereocenters. The molecule has 8 nitrogen and oxygen atoms in total. The van der Waals surface area contributed by atoms with Gasteiger partial charge in [0.25, 0.3) is 5.91 Å². The van der Waals surface area contributed by atoms with Crippen LogP contribution in [-0.2, 0) is 16.1 Å². The number of carbonyl (C=O) groups is 2. The van der Waals surface area contributed by atoms with E-state index in [-0.39, 0.29) is 18.4 Å². The molecule has 150 valence electrons. The van der Waals surface area contributed by atoms with Crippen LogP contribution in [0.5, 0.6) is 0 Å². The first-order valence-electron chi connectivity index (χ1n) is 9.38. The molecule has 8 heteroatoms. The highest BCUT2D eigenvalue weighted by molar-refractivity contribution is 5.97. The van der Waals surface area contributed by atoms with Crippen LogP contribution in [0, 0.1) is 5.92 Å². The smallest absolute Gasteiger partial charge is 0.328 e. The fraction of sp³-hybridized carbons (Fsp3) is 0.286. The Morgan fingerprint density at radius 2 is 1.90 bits per heavy atom. The predicted octanol–water partition coefficient (Wildman–Crippen LogP) is 2.55. The summed E-state index contributed by atoms with van der Waals surface area (Å²) in [6.07, 6.45) is 1.92. The first kappa shape index (κ1) is 20.2. The summed E-state index contributed by atoms with van der Waals surface area (Å²) in [5, 5.41) is 13.8. The lowest BCUT2D eigenvalue weighted by Crippen LogP contribution is -2.42. The summed E-state index contributed by atoms with van der Waals surface area (Å²) < 4.78 is 6.88. The zero-order chi connectivity index (χ0) is 20.6. The van der Waals surface area contributed by atoms with Gasteiger partial charge in [-0.3, -0.25) is 4.79 Å². The average molecular weight is 393 g/mol. The van der Waals surface area contributed by atoms with Crippen molar-refractivity contribution in [3.8, 4) is 5.69 Å². The molecule has 0 fully saturated rings. The van der Waals surface area contributed by atoms with Crippen LogP contribution in [0.25, 0.3) is 5.69 Å². The molecule has 3 aromatic rings. The molecule has 1 amide bonds. The number of nitrogens with one attached hydrogen (secondary N) is 1. The first-order chi connectivity index (χ1) is 14.0. The van der Waals surface area contributed by atoms with Gasteiger partial charge in [0.15, 0.2) is 0 Å². The van der Waals surface area contributed by atoms with Crippen molar-refractivity contribution in [1.29, 1.82) is 0 Å². The molecular formula is C21H23N5O3. The van der Waals surface area contributed by atoms with E-state index in [4.69, 9.17) is 4.74 Å². The Labute approximate surface area is 168 Å². The van der Waals surface area contributed by atoms with Gasteiger partial charge in [0.1, 0.15) is 19.0 Å². The molecule has 2 aromatic carbocycles.